The Labute approximate surface area is 200 Å². The molecule has 2 aromatic heterocycles. The molecule has 0 atom stereocenters. The SMILES string of the molecule is CCOc1ccc(CCC2CCN(C(=O)c3cnn(-c4ccc(OCC)nn4)c3C)CC2)cc1. The van der Waals surface area contributed by atoms with Crippen LogP contribution in [0.2, 0.25) is 0 Å². The molecule has 180 valence electrons. The Kier molecular flexibility index (Phi) is 7.77. The highest BCUT2D eigenvalue weighted by atomic mass is 16.5. The van der Waals surface area contributed by atoms with Crippen LogP contribution < -0.4 is 9.47 Å². The highest BCUT2D eigenvalue weighted by molar-refractivity contribution is 5.95. The second kappa shape index (κ2) is 11.1. The van der Waals surface area contributed by atoms with Crippen LogP contribution in [0.3, 0.4) is 0 Å². The van der Waals surface area contributed by atoms with Crippen LogP contribution in [0.1, 0.15) is 54.7 Å². The summed E-state index contributed by atoms with van der Waals surface area (Å²) in [6.07, 6.45) is 5.89. The van der Waals surface area contributed by atoms with Gasteiger partial charge >= 0.3 is 0 Å². The molecule has 3 aromatic rings. The van der Waals surface area contributed by atoms with Crippen molar-refractivity contribution in [2.24, 2.45) is 5.92 Å². The molecule has 0 saturated carbocycles. The highest BCUT2D eigenvalue weighted by Gasteiger charge is 2.26. The van der Waals surface area contributed by atoms with Crippen molar-refractivity contribution in [3.05, 3.63) is 59.4 Å². The molecule has 0 spiro atoms. The van der Waals surface area contributed by atoms with Crippen LogP contribution in [0.15, 0.2) is 42.6 Å². The van der Waals surface area contributed by atoms with Gasteiger partial charge < -0.3 is 14.4 Å². The van der Waals surface area contributed by atoms with Crippen LogP contribution in [-0.4, -0.2) is 57.1 Å². The van der Waals surface area contributed by atoms with Crippen LogP contribution in [0.4, 0.5) is 0 Å². The van der Waals surface area contributed by atoms with Gasteiger partial charge in [-0.1, -0.05) is 12.1 Å². The van der Waals surface area contributed by atoms with Gasteiger partial charge in [-0.05, 0) is 76.1 Å². The van der Waals surface area contributed by atoms with Crippen LogP contribution in [0, 0.1) is 12.8 Å². The number of carbonyl (C=O) groups is 1. The first kappa shape index (κ1) is 23.7. The molecule has 1 amide bonds. The smallest absolute Gasteiger partial charge is 0.257 e. The van der Waals surface area contributed by atoms with E-state index < -0.39 is 0 Å². The molecule has 4 rings (SSSR count). The summed E-state index contributed by atoms with van der Waals surface area (Å²) in [5.41, 5.74) is 2.71. The molecule has 1 fully saturated rings. The van der Waals surface area contributed by atoms with Crippen molar-refractivity contribution < 1.29 is 14.3 Å². The summed E-state index contributed by atoms with van der Waals surface area (Å²) in [4.78, 5) is 15.1. The van der Waals surface area contributed by atoms with Crippen molar-refractivity contribution in [1.29, 1.82) is 0 Å². The number of benzene rings is 1. The van der Waals surface area contributed by atoms with Gasteiger partial charge in [0, 0.05) is 19.2 Å². The Bertz CT molecular complexity index is 1070. The van der Waals surface area contributed by atoms with Gasteiger partial charge in [-0.2, -0.15) is 5.10 Å². The Hall–Kier alpha value is -3.42. The zero-order chi connectivity index (χ0) is 23.9. The van der Waals surface area contributed by atoms with Crippen molar-refractivity contribution in [2.75, 3.05) is 26.3 Å². The van der Waals surface area contributed by atoms with Gasteiger partial charge in [0.05, 0.1) is 30.7 Å². The molecule has 0 N–H and O–H groups in total. The third-order valence-electron chi connectivity index (χ3n) is 6.35. The average molecular weight is 464 g/mol. The van der Waals surface area contributed by atoms with E-state index >= 15 is 0 Å². The van der Waals surface area contributed by atoms with E-state index in [1.165, 1.54) is 5.56 Å². The van der Waals surface area contributed by atoms with E-state index in [4.69, 9.17) is 9.47 Å². The topological polar surface area (TPSA) is 82.4 Å². The highest BCUT2D eigenvalue weighted by Crippen LogP contribution is 2.25. The van der Waals surface area contributed by atoms with E-state index in [1.807, 2.05) is 37.8 Å². The fraction of sp³-hybridized carbons (Fsp3) is 0.462. The lowest BCUT2D eigenvalue weighted by molar-refractivity contribution is 0.0686. The van der Waals surface area contributed by atoms with Gasteiger partial charge in [-0.15, -0.1) is 10.2 Å². The number of nitrogens with zero attached hydrogens (tertiary/aromatic N) is 5. The number of hydrogen-bond donors (Lipinski definition) is 0. The molecule has 3 heterocycles. The maximum Gasteiger partial charge on any atom is 0.257 e. The number of rotatable bonds is 9. The molecule has 8 nitrogen and oxygen atoms in total. The van der Waals surface area contributed by atoms with Gasteiger partial charge in [0.25, 0.3) is 5.91 Å². The van der Waals surface area contributed by atoms with Gasteiger partial charge in [-0.3, -0.25) is 4.79 Å². The van der Waals surface area contributed by atoms with E-state index in [-0.39, 0.29) is 5.91 Å². The molecule has 0 radical (unpaired) electrons. The minimum Gasteiger partial charge on any atom is -0.494 e. The van der Waals surface area contributed by atoms with Gasteiger partial charge in [0.15, 0.2) is 5.82 Å². The summed E-state index contributed by atoms with van der Waals surface area (Å²) in [5.74, 6) is 2.63. The van der Waals surface area contributed by atoms with Crippen LogP contribution in [0.5, 0.6) is 11.6 Å². The standard InChI is InChI=1S/C26H33N5O3/c1-4-33-22-10-8-20(9-11-22)6-7-21-14-16-30(17-15-21)26(32)23-18-27-31(19(23)3)24-12-13-25(29-28-24)34-5-2/h8-13,18,21H,4-7,14-17H2,1-3H3. The Morgan fingerprint density at radius 1 is 1.00 bits per heavy atom. The largest absolute Gasteiger partial charge is 0.494 e. The monoisotopic (exact) mass is 463 g/mol. The maximum atomic E-state index is 13.2. The number of piperidine rings is 1. The van der Waals surface area contributed by atoms with Crippen LogP contribution >= 0.6 is 0 Å². The first-order chi connectivity index (χ1) is 16.6. The summed E-state index contributed by atoms with van der Waals surface area (Å²) in [7, 11) is 0. The summed E-state index contributed by atoms with van der Waals surface area (Å²) in [6, 6.07) is 11.9. The molecular formula is C26H33N5O3. The lowest BCUT2D eigenvalue weighted by Gasteiger charge is -2.32. The van der Waals surface area contributed by atoms with Crippen LogP contribution in [-0.2, 0) is 6.42 Å². The van der Waals surface area contributed by atoms with Crippen molar-refractivity contribution in [2.45, 2.75) is 46.5 Å². The second-order valence-corrected chi connectivity index (χ2v) is 8.57. The number of amides is 1. The van der Waals surface area contributed by atoms with Crippen molar-refractivity contribution in [1.82, 2.24) is 24.9 Å². The molecule has 1 saturated heterocycles. The molecular weight excluding hydrogens is 430 g/mol. The summed E-state index contributed by atoms with van der Waals surface area (Å²) >= 11 is 0. The predicted molar refractivity (Wildman–Crippen MR) is 130 cm³/mol. The zero-order valence-corrected chi connectivity index (χ0v) is 20.2. The molecule has 0 aliphatic carbocycles. The van der Waals surface area contributed by atoms with Gasteiger partial charge in [0.1, 0.15) is 5.75 Å². The lowest BCUT2D eigenvalue weighted by atomic mass is 9.90. The van der Waals surface area contributed by atoms with Gasteiger partial charge in [-0.25, -0.2) is 4.68 Å². The number of ether oxygens (including phenoxy) is 2. The summed E-state index contributed by atoms with van der Waals surface area (Å²) in [6.45, 7) is 8.56. The zero-order valence-electron chi connectivity index (χ0n) is 20.2. The van der Waals surface area contributed by atoms with E-state index in [0.29, 0.717) is 36.4 Å². The normalized spacial score (nSPS) is 14.3. The number of carbonyl (C=O) groups excluding carboxylic acids is 1. The van der Waals surface area contributed by atoms with Gasteiger partial charge in [0.2, 0.25) is 5.88 Å². The molecule has 0 bridgehead atoms. The molecule has 1 aliphatic heterocycles. The van der Waals surface area contributed by atoms with Crippen molar-refractivity contribution in [3.8, 4) is 17.4 Å². The minimum atomic E-state index is 0.0348. The fourth-order valence-corrected chi connectivity index (χ4v) is 4.39. The van der Waals surface area contributed by atoms with Crippen LogP contribution in [0.25, 0.3) is 5.82 Å². The lowest BCUT2D eigenvalue weighted by Crippen LogP contribution is -2.38. The molecule has 8 heteroatoms. The van der Waals surface area contributed by atoms with E-state index in [1.54, 1.807) is 23.0 Å². The molecule has 1 aliphatic rings. The first-order valence-corrected chi connectivity index (χ1v) is 12.1. The predicted octanol–water partition coefficient (Wildman–Crippen LogP) is 4.25. The van der Waals surface area contributed by atoms with Crippen molar-refractivity contribution >= 4 is 5.91 Å². The maximum absolute atomic E-state index is 13.2. The van der Waals surface area contributed by atoms with Crippen molar-refractivity contribution in [3.63, 3.8) is 0 Å². The average Bonchev–Trinajstić information content (AvgIpc) is 3.25. The minimum absolute atomic E-state index is 0.0348. The Morgan fingerprint density at radius 3 is 2.38 bits per heavy atom. The quantitative estimate of drug-likeness (QED) is 0.472. The number of aryl methyl sites for hydroxylation is 1. The fourth-order valence-electron chi connectivity index (χ4n) is 4.39. The molecule has 34 heavy (non-hydrogen) atoms. The van der Waals surface area contributed by atoms with E-state index in [2.05, 4.69) is 27.4 Å². The van der Waals surface area contributed by atoms with E-state index in [0.717, 1.165) is 50.2 Å². The summed E-state index contributed by atoms with van der Waals surface area (Å²) in [5, 5.41) is 12.6. The second-order valence-electron chi connectivity index (χ2n) is 8.57. The third-order valence-corrected chi connectivity index (χ3v) is 6.35. The Balaban J connectivity index is 1.30. The number of likely N-dealkylation sites (tertiary alicyclic amines) is 1. The molecule has 0 unspecified atom stereocenters. The first-order valence-electron chi connectivity index (χ1n) is 12.1. The van der Waals surface area contributed by atoms with E-state index in [9.17, 15) is 4.79 Å². The number of aromatic nitrogens is 4. The molecule has 1 aromatic carbocycles. The third kappa shape index (κ3) is 5.55. The number of hydrogen-bond acceptors (Lipinski definition) is 6. The summed E-state index contributed by atoms with van der Waals surface area (Å²) < 4.78 is 12.5. The Morgan fingerprint density at radius 2 is 1.74 bits per heavy atom.